The molecule has 2 aromatic rings. The van der Waals surface area contributed by atoms with Crippen molar-refractivity contribution < 1.29 is 4.39 Å². The van der Waals surface area contributed by atoms with Crippen LogP contribution in [0.25, 0.3) is 0 Å². The molecule has 1 aromatic heterocycles. The zero-order chi connectivity index (χ0) is 16.8. The molecule has 0 radical (unpaired) electrons. The van der Waals surface area contributed by atoms with Crippen LogP contribution in [0.3, 0.4) is 0 Å². The lowest BCUT2D eigenvalue weighted by atomic mass is 10.1. The second kappa shape index (κ2) is 8.43. The van der Waals surface area contributed by atoms with E-state index in [1.54, 1.807) is 12.1 Å². The van der Waals surface area contributed by atoms with E-state index >= 15 is 0 Å². The summed E-state index contributed by atoms with van der Waals surface area (Å²) in [5.41, 5.74) is 1.84. The molecule has 23 heavy (non-hydrogen) atoms. The minimum Gasteiger partial charge on any atom is -0.362 e. The Morgan fingerprint density at radius 2 is 1.96 bits per heavy atom. The van der Waals surface area contributed by atoms with E-state index in [2.05, 4.69) is 15.6 Å². The number of aromatic nitrogens is 1. The number of benzene rings is 1. The quantitative estimate of drug-likeness (QED) is 0.587. The maximum atomic E-state index is 12.8. The van der Waals surface area contributed by atoms with Crippen LogP contribution in [0, 0.1) is 12.7 Å². The van der Waals surface area contributed by atoms with Crippen molar-refractivity contribution in [1.82, 2.24) is 10.3 Å². The van der Waals surface area contributed by atoms with E-state index in [9.17, 15) is 4.39 Å². The summed E-state index contributed by atoms with van der Waals surface area (Å²) < 4.78 is 12.8. The first kappa shape index (κ1) is 17.9. The molecule has 0 unspecified atom stereocenters. The number of rotatable bonds is 5. The molecule has 1 aromatic carbocycles. The van der Waals surface area contributed by atoms with Crippen LogP contribution < -0.4 is 10.6 Å². The second-order valence-corrected chi connectivity index (χ2v) is 6.20. The van der Waals surface area contributed by atoms with E-state index in [-0.39, 0.29) is 5.82 Å². The molecule has 0 atom stereocenters. The maximum Gasteiger partial charge on any atom is 0.171 e. The van der Waals surface area contributed by atoms with Gasteiger partial charge in [0.25, 0.3) is 0 Å². The fourth-order valence-electron chi connectivity index (χ4n) is 1.94. The van der Waals surface area contributed by atoms with E-state index in [1.807, 2.05) is 6.92 Å². The van der Waals surface area contributed by atoms with Crippen molar-refractivity contribution in [2.75, 3.05) is 11.9 Å². The Morgan fingerprint density at radius 3 is 2.65 bits per heavy atom. The topological polar surface area (TPSA) is 37.0 Å². The highest BCUT2D eigenvalue weighted by atomic mass is 35.5. The Balaban J connectivity index is 1.77. The molecule has 0 aliphatic heterocycles. The number of anilines is 1. The van der Waals surface area contributed by atoms with Crippen molar-refractivity contribution in [1.29, 1.82) is 0 Å². The van der Waals surface area contributed by atoms with Crippen LogP contribution in [0.2, 0.25) is 10.0 Å². The molecule has 0 aliphatic carbocycles. The zero-order valence-electron chi connectivity index (χ0n) is 12.5. The van der Waals surface area contributed by atoms with Gasteiger partial charge in [0.2, 0.25) is 0 Å². The normalized spacial score (nSPS) is 10.4. The predicted molar refractivity (Wildman–Crippen MR) is 97.9 cm³/mol. The average molecular weight is 372 g/mol. The third kappa shape index (κ3) is 5.30. The highest BCUT2D eigenvalue weighted by Gasteiger charge is 2.09. The predicted octanol–water partition coefficient (Wildman–Crippen LogP) is 4.76. The molecular formula is C16H16Cl2FN3S. The minimum absolute atomic E-state index is 0.222. The van der Waals surface area contributed by atoms with Gasteiger partial charge in [0, 0.05) is 12.7 Å². The number of thiocarbonyl (C=S) groups is 1. The van der Waals surface area contributed by atoms with Gasteiger partial charge in [-0.3, -0.25) is 0 Å². The van der Waals surface area contributed by atoms with Crippen LogP contribution in [0.1, 0.15) is 17.5 Å². The Labute approximate surface area is 150 Å². The van der Waals surface area contributed by atoms with Crippen molar-refractivity contribution >= 4 is 46.4 Å². The molecule has 0 saturated heterocycles. The Kier molecular flexibility index (Phi) is 6.57. The molecule has 2 N–H and O–H groups in total. The molecule has 0 amide bonds. The van der Waals surface area contributed by atoms with E-state index in [0.29, 0.717) is 27.5 Å². The first-order valence-electron chi connectivity index (χ1n) is 7.07. The van der Waals surface area contributed by atoms with Gasteiger partial charge in [-0.2, -0.15) is 0 Å². The number of halogens is 3. The lowest BCUT2D eigenvalue weighted by Crippen LogP contribution is -2.30. The molecule has 7 heteroatoms. The van der Waals surface area contributed by atoms with Crippen LogP contribution in [0.4, 0.5) is 10.2 Å². The van der Waals surface area contributed by atoms with Crippen LogP contribution in [-0.2, 0) is 6.42 Å². The summed E-state index contributed by atoms with van der Waals surface area (Å²) >= 11 is 17.3. The van der Waals surface area contributed by atoms with Gasteiger partial charge >= 0.3 is 0 Å². The lowest BCUT2D eigenvalue weighted by molar-refractivity contribution is 0.626. The SMILES string of the molecule is Cc1c(Cl)cnc(NC(=S)NCCCc2ccc(F)cc2)c1Cl. The van der Waals surface area contributed by atoms with E-state index in [0.717, 1.165) is 24.0 Å². The zero-order valence-corrected chi connectivity index (χ0v) is 14.8. The van der Waals surface area contributed by atoms with Crippen LogP contribution in [0.5, 0.6) is 0 Å². The Hall–Kier alpha value is -1.43. The molecule has 0 spiro atoms. The van der Waals surface area contributed by atoms with Gasteiger partial charge in [0.15, 0.2) is 10.9 Å². The van der Waals surface area contributed by atoms with Gasteiger partial charge < -0.3 is 10.6 Å². The third-order valence-corrected chi connectivity index (χ3v) is 4.37. The highest BCUT2D eigenvalue weighted by molar-refractivity contribution is 7.80. The van der Waals surface area contributed by atoms with Crippen LogP contribution in [0.15, 0.2) is 30.5 Å². The summed E-state index contributed by atoms with van der Waals surface area (Å²) in [5.74, 6) is 0.254. The molecule has 1 heterocycles. The number of nitrogens with zero attached hydrogens (tertiary/aromatic N) is 1. The van der Waals surface area contributed by atoms with Crippen molar-refractivity contribution in [2.45, 2.75) is 19.8 Å². The third-order valence-electron chi connectivity index (χ3n) is 3.28. The number of pyridine rings is 1. The monoisotopic (exact) mass is 371 g/mol. The van der Waals surface area contributed by atoms with Gasteiger partial charge in [-0.1, -0.05) is 35.3 Å². The van der Waals surface area contributed by atoms with E-state index in [4.69, 9.17) is 35.4 Å². The molecule has 122 valence electrons. The van der Waals surface area contributed by atoms with Gasteiger partial charge in [-0.15, -0.1) is 0 Å². The number of hydrogen-bond donors (Lipinski definition) is 2. The summed E-state index contributed by atoms with van der Waals surface area (Å²) in [4.78, 5) is 4.12. The van der Waals surface area contributed by atoms with Crippen LogP contribution >= 0.6 is 35.4 Å². The number of hydrogen-bond acceptors (Lipinski definition) is 2. The summed E-state index contributed by atoms with van der Waals surface area (Å²) in [6.45, 7) is 2.50. The fraction of sp³-hybridized carbons (Fsp3) is 0.250. The Bertz CT molecular complexity index is 692. The van der Waals surface area contributed by atoms with Crippen molar-refractivity contribution in [3.63, 3.8) is 0 Å². The molecule has 0 saturated carbocycles. The van der Waals surface area contributed by atoms with Crippen molar-refractivity contribution in [2.24, 2.45) is 0 Å². The molecule has 3 nitrogen and oxygen atoms in total. The molecule has 0 aliphatic rings. The van der Waals surface area contributed by atoms with Crippen molar-refractivity contribution in [3.8, 4) is 0 Å². The van der Waals surface area contributed by atoms with Gasteiger partial charge in [0.1, 0.15) is 5.82 Å². The smallest absolute Gasteiger partial charge is 0.171 e. The summed E-state index contributed by atoms with van der Waals surface area (Å²) in [6, 6.07) is 6.50. The largest absolute Gasteiger partial charge is 0.362 e. The highest BCUT2D eigenvalue weighted by Crippen LogP contribution is 2.28. The molecule has 0 fully saturated rings. The summed E-state index contributed by atoms with van der Waals surface area (Å²) in [5, 5.41) is 7.45. The van der Waals surface area contributed by atoms with E-state index < -0.39 is 0 Å². The average Bonchev–Trinajstić information content (AvgIpc) is 2.54. The number of aryl methyl sites for hydroxylation is 1. The molecular weight excluding hydrogens is 356 g/mol. The van der Waals surface area contributed by atoms with E-state index in [1.165, 1.54) is 18.3 Å². The van der Waals surface area contributed by atoms with Gasteiger partial charge in [-0.05, 0) is 55.2 Å². The van der Waals surface area contributed by atoms with Crippen LogP contribution in [-0.4, -0.2) is 16.6 Å². The molecule has 2 rings (SSSR count). The second-order valence-electron chi connectivity index (χ2n) is 5.00. The fourth-order valence-corrected chi connectivity index (χ4v) is 2.53. The summed E-state index contributed by atoms with van der Waals surface area (Å²) in [7, 11) is 0. The number of nitrogens with one attached hydrogen (secondary N) is 2. The minimum atomic E-state index is -0.222. The first-order valence-corrected chi connectivity index (χ1v) is 8.23. The molecule has 0 bridgehead atoms. The van der Waals surface area contributed by atoms with Crippen molar-refractivity contribution in [3.05, 3.63) is 57.5 Å². The van der Waals surface area contributed by atoms with Gasteiger partial charge in [0.05, 0.1) is 10.0 Å². The summed E-state index contributed by atoms with van der Waals surface area (Å²) in [6.07, 6.45) is 3.24. The maximum absolute atomic E-state index is 12.8. The first-order chi connectivity index (χ1) is 11.0. The Morgan fingerprint density at radius 1 is 1.26 bits per heavy atom. The standard InChI is InChI=1S/C16H16Cl2FN3S/c1-10-13(17)9-21-15(14(10)18)22-16(23)20-8-2-3-11-4-6-12(19)7-5-11/h4-7,9H,2-3,8H2,1H3,(H2,20,21,22,23). The lowest BCUT2D eigenvalue weighted by Gasteiger charge is -2.12. The van der Waals surface area contributed by atoms with Gasteiger partial charge in [-0.25, -0.2) is 9.37 Å².